The number of anilines is 1. The molecule has 0 aliphatic heterocycles. The average Bonchev–Trinajstić information content (AvgIpc) is 2.84. The smallest absolute Gasteiger partial charge is 0.309 e. The van der Waals surface area contributed by atoms with Crippen LogP contribution in [0.1, 0.15) is 24.6 Å². The van der Waals surface area contributed by atoms with Gasteiger partial charge in [0.1, 0.15) is 5.82 Å². The van der Waals surface area contributed by atoms with Gasteiger partial charge in [-0.1, -0.05) is 19.1 Å². The zero-order chi connectivity index (χ0) is 16.8. The largest absolute Gasteiger partial charge is 0.481 e. The minimum Gasteiger partial charge on any atom is -0.481 e. The molecule has 0 fully saturated rings. The molecular weight excluding hydrogens is 319 g/mol. The molecule has 7 heteroatoms. The lowest BCUT2D eigenvalue weighted by Crippen LogP contribution is -2.16. The monoisotopic (exact) mass is 336 g/mol. The Kier molecular flexibility index (Phi) is 5.81. The van der Waals surface area contributed by atoms with Gasteiger partial charge in [-0.05, 0) is 30.0 Å². The summed E-state index contributed by atoms with van der Waals surface area (Å²) < 4.78 is 13.1. The second kappa shape index (κ2) is 7.82. The van der Waals surface area contributed by atoms with Crippen molar-refractivity contribution in [3.05, 3.63) is 46.7 Å². The number of thiazole rings is 1. The Morgan fingerprint density at radius 3 is 2.91 bits per heavy atom. The number of nitrogens with zero attached hydrogens (tertiary/aromatic N) is 1. The molecule has 23 heavy (non-hydrogen) atoms. The lowest BCUT2D eigenvalue weighted by molar-refractivity contribution is -0.136. The predicted octanol–water partition coefficient (Wildman–Crippen LogP) is 3.12. The zero-order valence-electron chi connectivity index (χ0n) is 12.6. The van der Waals surface area contributed by atoms with Crippen LogP contribution in [-0.4, -0.2) is 22.0 Å². The molecule has 1 aromatic carbocycles. The van der Waals surface area contributed by atoms with Gasteiger partial charge in [-0.2, -0.15) is 0 Å². The summed E-state index contributed by atoms with van der Waals surface area (Å²) in [5.74, 6) is -1.38. The first kappa shape index (κ1) is 17.1. The van der Waals surface area contributed by atoms with E-state index in [4.69, 9.17) is 5.11 Å². The number of aromatic nitrogens is 1. The average molecular weight is 336 g/mol. The number of rotatable bonds is 7. The minimum absolute atomic E-state index is 0.0512. The third-order valence-corrected chi connectivity index (χ3v) is 3.94. The number of carbonyl (C=O) groups excluding carboxylic acids is 1. The van der Waals surface area contributed by atoms with Gasteiger partial charge in [0.2, 0.25) is 5.91 Å². The van der Waals surface area contributed by atoms with Crippen LogP contribution in [-0.2, 0) is 22.4 Å². The predicted molar refractivity (Wildman–Crippen MR) is 86.0 cm³/mol. The normalized spacial score (nSPS) is 11.9. The maximum absolute atomic E-state index is 13.1. The Hall–Kier alpha value is -2.28. The summed E-state index contributed by atoms with van der Waals surface area (Å²) in [6.45, 7) is 1.92. The molecule has 122 valence electrons. The van der Waals surface area contributed by atoms with E-state index in [1.54, 1.807) is 11.4 Å². The van der Waals surface area contributed by atoms with Gasteiger partial charge in [0.05, 0.1) is 12.1 Å². The van der Waals surface area contributed by atoms with Gasteiger partial charge in [-0.15, -0.1) is 11.3 Å². The Morgan fingerprint density at radius 2 is 2.22 bits per heavy atom. The fraction of sp³-hybridized carbons (Fsp3) is 0.312. The van der Waals surface area contributed by atoms with Crippen LogP contribution < -0.4 is 5.32 Å². The summed E-state index contributed by atoms with van der Waals surface area (Å²) in [5.41, 5.74) is 1.27. The Bertz CT molecular complexity index is 702. The number of aliphatic carboxylic acids is 1. The second-order valence-electron chi connectivity index (χ2n) is 5.41. The highest BCUT2D eigenvalue weighted by atomic mass is 32.1. The fourth-order valence-electron chi connectivity index (χ4n) is 2.23. The first-order chi connectivity index (χ1) is 10.9. The lowest BCUT2D eigenvalue weighted by atomic mass is 9.98. The summed E-state index contributed by atoms with van der Waals surface area (Å²) in [7, 11) is 0. The molecule has 0 saturated heterocycles. The molecule has 0 radical (unpaired) electrons. The van der Waals surface area contributed by atoms with Crippen molar-refractivity contribution in [2.75, 3.05) is 5.32 Å². The summed E-state index contributed by atoms with van der Waals surface area (Å²) in [4.78, 5) is 26.6. The van der Waals surface area contributed by atoms with Crippen LogP contribution in [0.2, 0.25) is 0 Å². The van der Waals surface area contributed by atoms with E-state index in [1.807, 2.05) is 13.0 Å². The van der Waals surface area contributed by atoms with Crippen LogP contribution in [0.5, 0.6) is 0 Å². The van der Waals surface area contributed by atoms with E-state index in [1.165, 1.54) is 23.5 Å². The van der Waals surface area contributed by atoms with E-state index in [0.717, 1.165) is 5.56 Å². The number of amides is 1. The summed E-state index contributed by atoms with van der Waals surface area (Å²) >= 11 is 1.20. The van der Waals surface area contributed by atoms with Gasteiger partial charge in [0, 0.05) is 11.8 Å². The molecule has 0 saturated carbocycles. The number of carboxylic acids is 1. The molecule has 2 rings (SSSR count). The van der Waals surface area contributed by atoms with Gasteiger partial charge in [0.15, 0.2) is 5.13 Å². The van der Waals surface area contributed by atoms with Crippen molar-refractivity contribution in [2.24, 2.45) is 5.92 Å². The number of carboxylic acid groups (broad SMARTS) is 1. The Labute approximate surface area is 137 Å². The van der Waals surface area contributed by atoms with E-state index < -0.39 is 5.97 Å². The highest BCUT2D eigenvalue weighted by Gasteiger charge is 2.13. The third-order valence-electron chi connectivity index (χ3n) is 3.14. The molecule has 1 aromatic heterocycles. The second-order valence-corrected chi connectivity index (χ2v) is 6.26. The molecule has 2 N–H and O–H groups in total. The first-order valence-electron chi connectivity index (χ1n) is 7.13. The van der Waals surface area contributed by atoms with Gasteiger partial charge in [-0.3, -0.25) is 9.59 Å². The van der Waals surface area contributed by atoms with Gasteiger partial charge in [0.25, 0.3) is 0 Å². The summed E-state index contributed by atoms with van der Waals surface area (Å²) in [6.07, 6.45) is 0.722. The maximum atomic E-state index is 13.1. The molecule has 0 bridgehead atoms. The third kappa shape index (κ3) is 5.78. The molecule has 0 spiro atoms. The summed E-state index contributed by atoms with van der Waals surface area (Å²) in [5, 5.41) is 13.4. The van der Waals surface area contributed by atoms with E-state index in [2.05, 4.69) is 10.3 Å². The van der Waals surface area contributed by atoms with E-state index in [0.29, 0.717) is 17.2 Å². The standard InChI is InChI=1S/C16H17FN2O3S/c1-10(5-11-3-2-4-12(17)7-11)6-14(20)19-16-18-13(9-23-16)8-15(21)22/h2-4,7,9-10H,5-6,8H2,1H3,(H,21,22)(H,18,19,20). The first-order valence-corrected chi connectivity index (χ1v) is 8.01. The Morgan fingerprint density at radius 1 is 1.43 bits per heavy atom. The van der Waals surface area contributed by atoms with Crippen molar-refractivity contribution < 1.29 is 19.1 Å². The van der Waals surface area contributed by atoms with Crippen LogP contribution in [0.4, 0.5) is 9.52 Å². The number of hydrogen-bond donors (Lipinski definition) is 2. The van der Waals surface area contributed by atoms with Crippen molar-refractivity contribution in [2.45, 2.75) is 26.2 Å². The molecule has 2 aromatic rings. The molecule has 1 heterocycles. The lowest BCUT2D eigenvalue weighted by Gasteiger charge is -2.10. The minimum atomic E-state index is -0.961. The van der Waals surface area contributed by atoms with Crippen LogP contribution in [0.3, 0.4) is 0 Å². The molecular formula is C16H17FN2O3S. The van der Waals surface area contributed by atoms with Gasteiger partial charge >= 0.3 is 5.97 Å². The SMILES string of the molecule is CC(CC(=O)Nc1nc(CC(=O)O)cs1)Cc1cccc(F)c1. The fourth-order valence-corrected chi connectivity index (χ4v) is 2.95. The number of carbonyl (C=O) groups is 2. The van der Waals surface area contributed by atoms with Crippen molar-refractivity contribution >= 4 is 28.3 Å². The zero-order valence-corrected chi connectivity index (χ0v) is 13.4. The number of halogens is 1. The maximum Gasteiger partial charge on any atom is 0.309 e. The van der Waals surface area contributed by atoms with Crippen LogP contribution in [0.15, 0.2) is 29.6 Å². The van der Waals surface area contributed by atoms with Crippen molar-refractivity contribution in [3.63, 3.8) is 0 Å². The van der Waals surface area contributed by atoms with E-state index in [-0.39, 0.29) is 30.5 Å². The highest BCUT2D eigenvalue weighted by molar-refractivity contribution is 7.13. The molecule has 5 nitrogen and oxygen atoms in total. The Balaban J connectivity index is 1.84. The van der Waals surface area contributed by atoms with Crippen LogP contribution >= 0.6 is 11.3 Å². The van der Waals surface area contributed by atoms with Gasteiger partial charge in [-0.25, -0.2) is 9.37 Å². The van der Waals surface area contributed by atoms with Gasteiger partial charge < -0.3 is 10.4 Å². The molecule has 1 unspecified atom stereocenters. The van der Waals surface area contributed by atoms with E-state index in [9.17, 15) is 14.0 Å². The van der Waals surface area contributed by atoms with Crippen molar-refractivity contribution in [1.29, 1.82) is 0 Å². The highest BCUT2D eigenvalue weighted by Crippen LogP contribution is 2.18. The molecule has 0 aliphatic rings. The van der Waals surface area contributed by atoms with Crippen LogP contribution in [0, 0.1) is 11.7 Å². The summed E-state index contributed by atoms with van der Waals surface area (Å²) in [6, 6.07) is 6.33. The van der Waals surface area contributed by atoms with Crippen molar-refractivity contribution in [1.82, 2.24) is 4.98 Å². The molecule has 0 aliphatic carbocycles. The number of nitrogens with one attached hydrogen (secondary N) is 1. The molecule has 1 amide bonds. The topological polar surface area (TPSA) is 79.3 Å². The van der Waals surface area contributed by atoms with Crippen molar-refractivity contribution in [3.8, 4) is 0 Å². The number of benzene rings is 1. The van der Waals surface area contributed by atoms with Crippen LogP contribution in [0.25, 0.3) is 0 Å². The quantitative estimate of drug-likeness (QED) is 0.814. The number of hydrogen-bond acceptors (Lipinski definition) is 4. The molecule has 1 atom stereocenters. The van der Waals surface area contributed by atoms with E-state index >= 15 is 0 Å².